The van der Waals surface area contributed by atoms with Gasteiger partial charge in [-0.3, -0.25) is 0 Å². The molecule has 2 amide bonds. The first kappa shape index (κ1) is 17.5. The van der Waals surface area contributed by atoms with Crippen LogP contribution in [0.15, 0.2) is 0 Å². The molecule has 0 unspecified atom stereocenters. The molecule has 0 aromatic carbocycles. The summed E-state index contributed by atoms with van der Waals surface area (Å²) in [5, 5.41) is 5.01. The van der Waals surface area contributed by atoms with Gasteiger partial charge in [0, 0.05) is 19.7 Å². The Morgan fingerprint density at radius 1 is 0.947 bits per heavy atom. The van der Waals surface area contributed by atoms with Crippen LogP contribution in [0.4, 0.5) is 9.59 Å². The van der Waals surface area contributed by atoms with Gasteiger partial charge < -0.3 is 24.8 Å². The molecule has 112 valence electrons. The number of hydrogen-bond donors (Lipinski definition) is 2. The highest BCUT2D eigenvalue weighted by atomic mass is 16.6. The Bertz CT molecular complexity index is 239. The summed E-state index contributed by atoms with van der Waals surface area (Å²) in [5.74, 6) is 0. The van der Waals surface area contributed by atoms with Gasteiger partial charge in [0.05, 0.1) is 0 Å². The first-order valence-corrected chi connectivity index (χ1v) is 6.56. The third kappa shape index (κ3) is 10.1. The molecule has 0 aliphatic heterocycles. The predicted octanol–water partition coefficient (Wildman–Crippen LogP) is 1.27. The van der Waals surface area contributed by atoms with Crippen molar-refractivity contribution in [3.05, 3.63) is 0 Å². The van der Waals surface area contributed by atoms with Crippen molar-refractivity contribution >= 4 is 12.2 Å². The van der Waals surface area contributed by atoms with E-state index in [4.69, 9.17) is 14.2 Å². The molecule has 7 nitrogen and oxygen atoms in total. The Balaban J connectivity index is 4.00. The molecule has 0 fully saturated rings. The molecule has 0 saturated carbocycles. The molecule has 19 heavy (non-hydrogen) atoms. The Hall–Kier alpha value is -1.50. The molecule has 0 aromatic heterocycles. The molecule has 0 aromatic rings. The van der Waals surface area contributed by atoms with Gasteiger partial charge in [0.15, 0.2) is 0 Å². The molecular weight excluding hydrogens is 252 g/mol. The fourth-order valence-electron chi connectivity index (χ4n) is 1.16. The van der Waals surface area contributed by atoms with Crippen molar-refractivity contribution in [3.63, 3.8) is 0 Å². The lowest BCUT2D eigenvalue weighted by molar-refractivity contribution is -0.0281. The molecule has 0 spiro atoms. The summed E-state index contributed by atoms with van der Waals surface area (Å²) in [5.41, 5.74) is 0. The van der Waals surface area contributed by atoms with E-state index in [1.165, 1.54) is 0 Å². The highest BCUT2D eigenvalue weighted by Gasteiger charge is 2.14. The van der Waals surface area contributed by atoms with Gasteiger partial charge in [-0.1, -0.05) is 6.92 Å². The van der Waals surface area contributed by atoms with E-state index in [-0.39, 0.29) is 13.2 Å². The average Bonchev–Trinajstić information content (AvgIpc) is 2.38. The molecular formula is C12H24N2O5. The number of hydrogen-bond acceptors (Lipinski definition) is 5. The minimum atomic E-state index is -0.509. The Kier molecular flexibility index (Phi) is 10.7. The van der Waals surface area contributed by atoms with Crippen molar-refractivity contribution < 1.29 is 23.8 Å². The third-order valence-electron chi connectivity index (χ3n) is 2.00. The summed E-state index contributed by atoms with van der Waals surface area (Å²) < 4.78 is 15.3. The SMILES string of the molecule is CCCOC(COC(=O)NCC)COC(=O)NCC. The lowest BCUT2D eigenvalue weighted by atomic mass is 10.4. The van der Waals surface area contributed by atoms with E-state index in [2.05, 4.69) is 10.6 Å². The Morgan fingerprint density at radius 2 is 1.42 bits per heavy atom. The van der Waals surface area contributed by atoms with Crippen LogP contribution in [0.25, 0.3) is 0 Å². The van der Waals surface area contributed by atoms with Gasteiger partial charge in [-0.25, -0.2) is 9.59 Å². The minimum Gasteiger partial charge on any atom is -0.447 e. The molecule has 2 N–H and O–H groups in total. The molecule has 0 aliphatic rings. The van der Waals surface area contributed by atoms with Crippen molar-refractivity contribution in [2.75, 3.05) is 32.9 Å². The van der Waals surface area contributed by atoms with Crippen LogP contribution in [-0.2, 0) is 14.2 Å². The second-order valence-electron chi connectivity index (χ2n) is 3.75. The van der Waals surface area contributed by atoms with Crippen molar-refractivity contribution in [2.24, 2.45) is 0 Å². The molecule has 7 heteroatoms. The number of amides is 2. The van der Waals surface area contributed by atoms with E-state index in [1.54, 1.807) is 13.8 Å². The average molecular weight is 276 g/mol. The monoisotopic (exact) mass is 276 g/mol. The quantitative estimate of drug-likeness (QED) is 0.662. The van der Waals surface area contributed by atoms with Crippen molar-refractivity contribution in [2.45, 2.75) is 33.3 Å². The maximum atomic E-state index is 11.2. The zero-order valence-electron chi connectivity index (χ0n) is 11.9. The molecule has 0 saturated heterocycles. The molecule has 0 aliphatic carbocycles. The van der Waals surface area contributed by atoms with Crippen molar-refractivity contribution in [3.8, 4) is 0 Å². The zero-order chi connectivity index (χ0) is 14.5. The van der Waals surface area contributed by atoms with E-state index in [0.29, 0.717) is 19.7 Å². The number of rotatable bonds is 9. The third-order valence-corrected chi connectivity index (χ3v) is 2.00. The highest BCUT2D eigenvalue weighted by Crippen LogP contribution is 1.98. The molecule has 0 atom stereocenters. The van der Waals surface area contributed by atoms with Crippen LogP contribution >= 0.6 is 0 Å². The summed E-state index contributed by atoms with van der Waals surface area (Å²) in [6, 6.07) is 0. The summed E-state index contributed by atoms with van der Waals surface area (Å²) in [4.78, 5) is 22.3. The van der Waals surface area contributed by atoms with Crippen LogP contribution in [0.2, 0.25) is 0 Å². The van der Waals surface area contributed by atoms with Crippen LogP contribution in [0.5, 0.6) is 0 Å². The first-order valence-electron chi connectivity index (χ1n) is 6.56. The smallest absolute Gasteiger partial charge is 0.407 e. The Labute approximate surface area is 114 Å². The number of nitrogens with one attached hydrogen (secondary N) is 2. The van der Waals surface area contributed by atoms with Crippen LogP contribution in [0.1, 0.15) is 27.2 Å². The van der Waals surface area contributed by atoms with E-state index in [1.807, 2.05) is 6.92 Å². The first-order chi connectivity index (χ1) is 9.13. The van der Waals surface area contributed by atoms with Gasteiger partial charge in [-0.15, -0.1) is 0 Å². The van der Waals surface area contributed by atoms with Crippen molar-refractivity contribution in [1.82, 2.24) is 10.6 Å². The van der Waals surface area contributed by atoms with E-state index in [0.717, 1.165) is 6.42 Å². The summed E-state index contributed by atoms with van der Waals surface area (Å²) in [7, 11) is 0. The summed E-state index contributed by atoms with van der Waals surface area (Å²) in [6.45, 7) is 7.16. The number of carbonyl (C=O) groups is 2. The molecule has 0 radical (unpaired) electrons. The van der Waals surface area contributed by atoms with Gasteiger partial charge in [0.2, 0.25) is 0 Å². The number of carbonyl (C=O) groups excluding carboxylic acids is 2. The van der Waals surface area contributed by atoms with Crippen LogP contribution in [0.3, 0.4) is 0 Å². The van der Waals surface area contributed by atoms with Gasteiger partial charge in [-0.05, 0) is 20.3 Å². The number of alkyl carbamates (subject to hydrolysis) is 2. The topological polar surface area (TPSA) is 85.9 Å². The van der Waals surface area contributed by atoms with E-state index in [9.17, 15) is 9.59 Å². The van der Waals surface area contributed by atoms with E-state index < -0.39 is 18.3 Å². The van der Waals surface area contributed by atoms with Crippen molar-refractivity contribution in [1.29, 1.82) is 0 Å². The maximum absolute atomic E-state index is 11.2. The second kappa shape index (κ2) is 11.6. The summed E-state index contributed by atoms with van der Waals surface area (Å²) in [6.07, 6.45) is -0.639. The van der Waals surface area contributed by atoms with Crippen LogP contribution in [-0.4, -0.2) is 51.2 Å². The van der Waals surface area contributed by atoms with E-state index >= 15 is 0 Å². The predicted molar refractivity (Wildman–Crippen MR) is 70.1 cm³/mol. The molecule has 0 rings (SSSR count). The van der Waals surface area contributed by atoms with Gasteiger partial charge >= 0.3 is 12.2 Å². The molecule has 0 heterocycles. The fourth-order valence-corrected chi connectivity index (χ4v) is 1.16. The van der Waals surface area contributed by atoms with Gasteiger partial charge in [-0.2, -0.15) is 0 Å². The standard InChI is InChI=1S/C12H24N2O5/c1-4-7-17-10(8-18-11(15)13-5-2)9-19-12(16)14-6-3/h10H,4-9H2,1-3H3,(H,13,15)(H,14,16). The largest absolute Gasteiger partial charge is 0.447 e. The number of ether oxygens (including phenoxy) is 3. The van der Waals surface area contributed by atoms with Crippen LogP contribution < -0.4 is 10.6 Å². The van der Waals surface area contributed by atoms with Gasteiger partial charge in [0.1, 0.15) is 19.3 Å². The van der Waals surface area contributed by atoms with Gasteiger partial charge in [0.25, 0.3) is 0 Å². The fraction of sp³-hybridized carbons (Fsp3) is 0.833. The minimum absolute atomic E-state index is 0.0469. The lowest BCUT2D eigenvalue weighted by Gasteiger charge is -2.17. The Morgan fingerprint density at radius 3 is 1.79 bits per heavy atom. The summed E-state index contributed by atoms with van der Waals surface area (Å²) >= 11 is 0. The second-order valence-corrected chi connectivity index (χ2v) is 3.75. The zero-order valence-corrected chi connectivity index (χ0v) is 11.9. The normalized spacial score (nSPS) is 10.1. The lowest BCUT2D eigenvalue weighted by Crippen LogP contribution is -2.34. The van der Waals surface area contributed by atoms with Crippen LogP contribution in [0, 0.1) is 0 Å². The highest BCUT2D eigenvalue weighted by molar-refractivity contribution is 5.67. The maximum Gasteiger partial charge on any atom is 0.407 e. The molecule has 0 bridgehead atoms.